The number of phenolic OH excluding ortho intramolecular Hbond substituents is 2. The Morgan fingerprint density at radius 1 is 1.16 bits per heavy atom. The molecule has 1 aromatic carbocycles. The quantitative estimate of drug-likeness (QED) is 0.273. The summed E-state index contributed by atoms with van der Waals surface area (Å²) in [4.78, 5) is 25.9. The van der Waals surface area contributed by atoms with Crippen molar-refractivity contribution in [3.8, 4) is 11.5 Å². The van der Waals surface area contributed by atoms with Crippen LogP contribution in [-0.4, -0.2) is 32.5 Å². The molecule has 3 N–H and O–H groups in total. The van der Waals surface area contributed by atoms with E-state index in [0.717, 1.165) is 24.8 Å². The molecule has 1 saturated carbocycles. The molecule has 2 atom stereocenters. The number of aliphatic hydroxyl groups is 1. The van der Waals surface area contributed by atoms with Crippen molar-refractivity contribution in [2.24, 2.45) is 10.8 Å². The van der Waals surface area contributed by atoms with Crippen LogP contribution in [0.1, 0.15) is 77.8 Å². The number of allylic oxidation sites excluding steroid dienone is 3. The number of carbonyl (C=O) groups is 2. The van der Waals surface area contributed by atoms with Crippen LogP contribution in [0.2, 0.25) is 0 Å². The Morgan fingerprint density at radius 3 is 2.44 bits per heavy atom. The molecule has 1 aromatic rings. The highest BCUT2D eigenvalue weighted by Gasteiger charge is 2.52. The fraction of sp³-hybridized carbons (Fsp3) is 0.556. The van der Waals surface area contributed by atoms with Gasteiger partial charge in [-0.1, -0.05) is 38.0 Å². The van der Waals surface area contributed by atoms with E-state index < -0.39 is 16.4 Å². The van der Waals surface area contributed by atoms with Gasteiger partial charge in [-0.25, -0.2) is 0 Å². The minimum absolute atomic E-state index is 0.0329. The molecule has 0 unspecified atom stereocenters. The van der Waals surface area contributed by atoms with Crippen molar-refractivity contribution >= 4 is 11.6 Å². The zero-order chi connectivity index (χ0) is 24.3. The summed E-state index contributed by atoms with van der Waals surface area (Å²) in [5.74, 6) is 0.318. The van der Waals surface area contributed by atoms with Gasteiger partial charge < -0.3 is 15.3 Å². The molecule has 32 heavy (non-hydrogen) atoms. The summed E-state index contributed by atoms with van der Waals surface area (Å²) < 4.78 is 0. The molecule has 0 saturated heterocycles. The van der Waals surface area contributed by atoms with Gasteiger partial charge in [-0.05, 0) is 76.1 Å². The predicted octanol–water partition coefficient (Wildman–Crippen LogP) is 5.34. The molecule has 0 heterocycles. The van der Waals surface area contributed by atoms with Gasteiger partial charge in [-0.3, -0.25) is 9.59 Å². The third kappa shape index (κ3) is 6.10. The third-order valence-corrected chi connectivity index (χ3v) is 7.02. The fourth-order valence-corrected chi connectivity index (χ4v) is 4.73. The highest BCUT2D eigenvalue weighted by molar-refractivity contribution is 5.96. The standard InChI is InChI=1S/C27H38O5/c1-18(8-9-20-16-21(28)15-19(2)24(20)31)14-22(29)17-26(5)11-7-12-27(26,6)23(30)10-13-25(3,4)32/h8,10,13,15-16,28,31-32H,7,9,11-12,14,17H2,1-6H3/b13-10+,18-8-/t26-,27+/m1/s1. The van der Waals surface area contributed by atoms with Gasteiger partial charge in [0.2, 0.25) is 0 Å². The Labute approximate surface area is 191 Å². The first-order valence-corrected chi connectivity index (χ1v) is 11.3. The van der Waals surface area contributed by atoms with E-state index in [4.69, 9.17) is 0 Å². The second-order valence-corrected chi connectivity index (χ2v) is 10.5. The topological polar surface area (TPSA) is 94.8 Å². The van der Waals surface area contributed by atoms with Crippen LogP contribution in [-0.2, 0) is 16.0 Å². The van der Waals surface area contributed by atoms with E-state index in [1.165, 1.54) is 24.3 Å². The van der Waals surface area contributed by atoms with Gasteiger partial charge >= 0.3 is 0 Å². The first-order valence-electron chi connectivity index (χ1n) is 11.3. The predicted molar refractivity (Wildman–Crippen MR) is 127 cm³/mol. The van der Waals surface area contributed by atoms with Crippen LogP contribution < -0.4 is 0 Å². The lowest BCUT2D eigenvalue weighted by molar-refractivity contribution is -0.131. The number of Topliss-reactive ketones (excluding diaryl/α,β-unsaturated/α-hetero) is 1. The lowest BCUT2D eigenvalue weighted by atomic mass is 9.63. The minimum atomic E-state index is -1.05. The van der Waals surface area contributed by atoms with E-state index in [1.807, 2.05) is 26.8 Å². The number of ketones is 2. The normalized spacial score (nSPS) is 24.3. The van der Waals surface area contributed by atoms with Crippen molar-refractivity contribution in [1.29, 1.82) is 0 Å². The number of phenols is 2. The van der Waals surface area contributed by atoms with Gasteiger partial charge in [-0.2, -0.15) is 0 Å². The Hall–Kier alpha value is -2.40. The molecule has 0 aliphatic heterocycles. The zero-order valence-electron chi connectivity index (χ0n) is 20.3. The van der Waals surface area contributed by atoms with Crippen LogP contribution >= 0.6 is 0 Å². The molecular weight excluding hydrogens is 404 g/mol. The molecule has 1 aliphatic rings. The molecule has 176 valence electrons. The monoisotopic (exact) mass is 442 g/mol. The summed E-state index contributed by atoms with van der Waals surface area (Å²) >= 11 is 0. The highest BCUT2D eigenvalue weighted by Crippen LogP contribution is 2.55. The average molecular weight is 443 g/mol. The number of aromatic hydroxyl groups is 2. The molecule has 0 radical (unpaired) electrons. The summed E-state index contributed by atoms with van der Waals surface area (Å²) in [7, 11) is 0. The van der Waals surface area contributed by atoms with E-state index in [0.29, 0.717) is 24.0 Å². The largest absolute Gasteiger partial charge is 0.508 e. The molecule has 2 rings (SSSR count). The summed E-state index contributed by atoms with van der Waals surface area (Å²) in [5, 5.41) is 29.9. The van der Waals surface area contributed by atoms with Crippen LogP contribution in [0.5, 0.6) is 11.5 Å². The Bertz CT molecular complexity index is 934. The van der Waals surface area contributed by atoms with Crippen molar-refractivity contribution in [2.45, 2.75) is 85.7 Å². The highest BCUT2D eigenvalue weighted by atomic mass is 16.3. The smallest absolute Gasteiger partial charge is 0.161 e. The first-order chi connectivity index (χ1) is 14.7. The van der Waals surface area contributed by atoms with Crippen molar-refractivity contribution < 1.29 is 24.9 Å². The number of hydrogen-bond donors (Lipinski definition) is 3. The molecule has 1 fully saturated rings. The van der Waals surface area contributed by atoms with Crippen molar-refractivity contribution in [1.82, 2.24) is 0 Å². The first kappa shape index (κ1) is 25.9. The van der Waals surface area contributed by atoms with Gasteiger partial charge in [0.05, 0.1) is 5.60 Å². The van der Waals surface area contributed by atoms with Crippen LogP contribution in [0.3, 0.4) is 0 Å². The van der Waals surface area contributed by atoms with Crippen molar-refractivity contribution in [3.05, 3.63) is 47.1 Å². The number of carbonyl (C=O) groups excluding carboxylic acids is 2. The van der Waals surface area contributed by atoms with Gasteiger partial charge in [-0.15, -0.1) is 0 Å². The summed E-state index contributed by atoms with van der Waals surface area (Å²) in [5.41, 5.74) is 0.0137. The van der Waals surface area contributed by atoms with E-state index in [-0.39, 0.29) is 29.5 Å². The van der Waals surface area contributed by atoms with Crippen LogP contribution in [0.4, 0.5) is 0 Å². The number of aryl methyl sites for hydroxylation is 1. The van der Waals surface area contributed by atoms with Gasteiger partial charge in [0.15, 0.2) is 5.78 Å². The third-order valence-electron chi connectivity index (χ3n) is 7.02. The number of hydrogen-bond acceptors (Lipinski definition) is 5. The minimum Gasteiger partial charge on any atom is -0.508 e. The van der Waals surface area contributed by atoms with E-state index in [9.17, 15) is 24.9 Å². The van der Waals surface area contributed by atoms with E-state index in [2.05, 4.69) is 0 Å². The Balaban J connectivity index is 2.08. The Morgan fingerprint density at radius 2 is 1.81 bits per heavy atom. The van der Waals surface area contributed by atoms with Crippen LogP contribution in [0.15, 0.2) is 35.9 Å². The van der Waals surface area contributed by atoms with Gasteiger partial charge in [0, 0.05) is 23.8 Å². The molecule has 0 spiro atoms. The average Bonchev–Trinajstić information content (AvgIpc) is 2.95. The van der Waals surface area contributed by atoms with E-state index in [1.54, 1.807) is 20.8 Å². The molecule has 5 nitrogen and oxygen atoms in total. The Kier molecular flexibility index (Phi) is 7.77. The van der Waals surface area contributed by atoms with Crippen LogP contribution in [0, 0.1) is 17.8 Å². The maximum absolute atomic E-state index is 13.0. The van der Waals surface area contributed by atoms with Gasteiger partial charge in [0.1, 0.15) is 17.3 Å². The molecule has 0 aromatic heterocycles. The fourth-order valence-electron chi connectivity index (χ4n) is 4.73. The number of rotatable bonds is 9. The van der Waals surface area contributed by atoms with Crippen LogP contribution in [0.25, 0.3) is 0 Å². The van der Waals surface area contributed by atoms with Crippen molar-refractivity contribution in [3.63, 3.8) is 0 Å². The maximum Gasteiger partial charge on any atom is 0.161 e. The summed E-state index contributed by atoms with van der Waals surface area (Å²) in [6.07, 6.45) is 8.38. The molecule has 1 aliphatic carbocycles. The second kappa shape index (κ2) is 9.62. The molecule has 0 amide bonds. The van der Waals surface area contributed by atoms with Crippen molar-refractivity contribution in [2.75, 3.05) is 0 Å². The van der Waals surface area contributed by atoms with E-state index >= 15 is 0 Å². The molecular formula is C27H38O5. The van der Waals surface area contributed by atoms with Gasteiger partial charge in [0.25, 0.3) is 0 Å². The number of benzene rings is 1. The maximum atomic E-state index is 13.0. The lowest BCUT2D eigenvalue weighted by Gasteiger charge is -2.39. The summed E-state index contributed by atoms with van der Waals surface area (Å²) in [6.45, 7) is 10.8. The zero-order valence-corrected chi connectivity index (χ0v) is 20.3. The SMILES string of the molecule is C/C(=C/Cc1cc(O)cc(C)c1O)CC(=O)C[C@@]1(C)CCC[C@@]1(C)C(=O)/C=C/C(C)(C)O. The summed E-state index contributed by atoms with van der Waals surface area (Å²) in [6, 6.07) is 3.04. The molecule has 5 heteroatoms. The second-order valence-electron chi connectivity index (χ2n) is 10.5. The molecule has 0 bridgehead atoms. The lowest BCUT2D eigenvalue weighted by Crippen LogP contribution is -2.40.